The van der Waals surface area contributed by atoms with Crippen LogP contribution in [0.4, 0.5) is 0 Å². The molecule has 6 aromatic carbocycles. The van der Waals surface area contributed by atoms with E-state index in [9.17, 15) is 0 Å². The largest absolute Gasteiger partial charge is 0.456 e. The molecule has 0 amide bonds. The first-order valence-corrected chi connectivity index (χ1v) is 13.2. The Bertz CT molecular complexity index is 2350. The number of nitrogens with zero attached hydrogens (tertiary/aromatic N) is 1. The van der Waals surface area contributed by atoms with Crippen LogP contribution in [-0.2, 0) is 0 Å². The van der Waals surface area contributed by atoms with Gasteiger partial charge in [-0.15, -0.1) is 0 Å². The Morgan fingerprint density at radius 2 is 1.10 bits per heavy atom. The van der Waals surface area contributed by atoms with E-state index in [0.717, 1.165) is 60.7 Å². The SMILES string of the molecule is c1ccc2c(c1)oc1c(-c3ccc4c(c3)oc3cccc(-n5c6ccccc6c6ccccc65)c34)cccc12. The van der Waals surface area contributed by atoms with Gasteiger partial charge in [-0.05, 0) is 48.0 Å². The lowest BCUT2D eigenvalue weighted by atomic mass is 10.0. The molecule has 0 saturated carbocycles. The van der Waals surface area contributed by atoms with Gasteiger partial charge in [0.2, 0.25) is 0 Å². The van der Waals surface area contributed by atoms with Gasteiger partial charge in [0.25, 0.3) is 0 Å². The zero-order valence-electron chi connectivity index (χ0n) is 20.9. The van der Waals surface area contributed by atoms with Crippen LogP contribution in [0.2, 0.25) is 0 Å². The standard InChI is InChI=1S/C36H21NO2/c1-4-14-29-24(9-1)25-10-2-5-15-30(25)37(29)31-16-8-18-33-35(31)28-20-19-22(21-34(28)38-33)23-12-7-13-27-26-11-3-6-17-32(26)39-36(23)27/h1-21H. The second kappa shape index (κ2) is 7.62. The van der Waals surface area contributed by atoms with Crippen molar-refractivity contribution >= 4 is 65.7 Å². The summed E-state index contributed by atoms with van der Waals surface area (Å²) in [5.41, 5.74) is 9.18. The molecule has 0 unspecified atom stereocenters. The van der Waals surface area contributed by atoms with Crippen molar-refractivity contribution in [2.75, 3.05) is 0 Å². The first kappa shape index (κ1) is 20.7. The molecule has 0 saturated heterocycles. The zero-order valence-corrected chi connectivity index (χ0v) is 20.9. The second-order valence-electron chi connectivity index (χ2n) is 10.1. The van der Waals surface area contributed by atoms with E-state index in [1.165, 1.54) is 21.8 Å². The number of furan rings is 2. The maximum atomic E-state index is 6.50. The number of aromatic nitrogens is 1. The van der Waals surface area contributed by atoms with Gasteiger partial charge in [0.05, 0.1) is 22.1 Å². The van der Waals surface area contributed by atoms with E-state index in [1.807, 2.05) is 12.1 Å². The Hall–Kier alpha value is -5.28. The average Bonchev–Trinajstić information content (AvgIpc) is 3.66. The van der Waals surface area contributed by atoms with E-state index in [1.54, 1.807) is 0 Å². The summed E-state index contributed by atoms with van der Waals surface area (Å²) in [5.74, 6) is 0. The van der Waals surface area contributed by atoms with Gasteiger partial charge in [-0.3, -0.25) is 0 Å². The highest BCUT2D eigenvalue weighted by atomic mass is 16.3. The molecular formula is C36H21NO2. The van der Waals surface area contributed by atoms with Crippen LogP contribution in [0.5, 0.6) is 0 Å². The summed E-state index contributed by atoms with van der Waals surface area (Å²) in [7, 11) is 0. The Labute approximate surface area is 223 Å². The number of benzene rings is 6. The van der Waals surface area contributed by atoms with Gasteiger partial charge in [-0.25, -0.2) is 0 Å². The molecule has 182 valence electrons. The maximum absolute atomic E-state index is 6.50. The lowest BCUT2D eigenvalue weighted by molar-refractivity contribution is 0.668. The third kappa shape index (κ3) is 2.82. The smallest absolute Gasteiger partial charge is 0.143 e. The summed E-state index contributed by atoms with van der Waals surface area (Å²) in [5, 5.41) is 6.98. The van der Waals surface area contributed by atoms with Gasteiger partial charge in [0.15, 0.2) is 0 Å². The predicted molar refractivity (Wildman–Crippen MR) is 161 cm³/mol. The topological polar surface area (TPSA) is 31.2 Å². The van der Waals surface area contributed by atoms with Crippen LogP contribution in [-0.4, -0.2) is 4.57 Å². The highest BCUT2D eigenvalue weighted by Gasteiger charge is 2.18. The zero-order chi connectivity index (χ0) is 25.5. The molecular weight excluding hydrogens is 478 g/mol. The third-order valence-corrected chi connectivity index (χ3v) is 8.01. The molecule has 9 rings (SSSR count). The molecule has 3 heterocycles. The normalized spacial score (nSPS) is 12.1. The Kier molecular flexibility index (Phi) is 4.05. The highest BCUT2D eigenvalue weighted by Crippen LogP contribution is 2.41. The monoisotopic (exact) mass is 499 g/mol. The minimum atomic E-state index is 0.865. The van der Waals surface area contributed by atoms with Gasteiger partial charge in [-0.1, -0.05) is 84.9 Å². The summed E-state index contributed by atoms with van der Waals surface area (Å²) in [6.45, 7) is 0. The van der Waals surface area contributed by atoms with Crippen LogP contribution in [0, 0.1) is 0 Å². The minimum absolute atomic E-state index is 0.865. The second-order valence-corrected chi connectivity index (χ2v) is 10.1. The van der Waals surface area contributed by atoms with Gasteiger partial charge >= 0.3 is 0 Å². The van der Waals surface area contributed by atoms with Crippen LogP contribution in [0.3, 0.4) is 0 Å². The Balaban J connectivity index is 1.31. The number of hydrogen-bond acceptors (Lipinski definition) is 2. The van der Waals surface area contributed by atoms with Crippen molar-refractivity contribution in [1.29, 1.82) is 0 Å². The fourth-order valence-electron chi connectivity index (χ4n) is 6.32. The van der Waals surface area contributed by atoms with Gasteiger partial charge < -0.3 is 13.4 Å². The number of rotatable bonds is 2. The summed E-state index contributed by atoms with van der Waals surface area (Å²) in [6, 6.07) is 44.6. The van der Waals surface area contributed by atoms with Crippen molar-refractivity contribution in [3.63, 3.8) is 0 Å². The molecule has 0 spiro atoms. The van der Waals surface area contributed by atoms with E-state index in [2.05, 4.69) is 120 Å². The van der Waals surface area contributed by atoms with Crippen LogP contribution >= 0.6 is 0 Å². The van der Waals surface area contributed by atoms with Gasteiger partial charge in [0.1, 0.15) is 22.3 Å². The predicted octanol–water partition coefficient (Wildman–Crippen LogP) is 10.2. The van der Waals surface area contributed by atoms with Crippen molar-refractivity contribution in [1.82, 2.24) is 4.57 Å². The first-order valence-electron chi connectivity index (χ1n) is 13.2. The van der Waals surface area contributed by atoms with Crippen molar-refractivity contribution in [2.24, 2.45) is 0 Å². The van der Waals surface area contributed by atoms with Crippen molar-refractivity contribution in [3.05, 3.63) is 127 Å². The van der Waals surface area contributed by atoms with E-state index in [0.29, 0.717) is 0 Å². The quantitative estimate of drug-likeness (QED) is 0.237. The van der Waals surface area contributed by atoms with Crippen molar-refractivity contribution < 1.29 is 8.83 Å². The molecule has 0 atom stereocenters. The average molecular weight is 500 g/mol. The fraction of sp³-hybridized carbons (Fsp3) is 0. The van der Waals surface area contributed by atoms with Crippen LogP contribution in [0.15, 0.2) is 136 Å². The van der Waals surface area contributed by atoms with Crippen molar-refractivity contribution in [3.8, 4) is 16.8 Å². The Morgan fingerprint density at radius 3 is 1.92 bits per heavy atom. The number of para-hydroxylation sites is 4. The lowest BCUT2D eigenvalue weighted by Gasteiger charge is -2.09. The Morgan fingerprint density at radius 1 is 0.436 bits per heavy atom. The molecule has 0 fully saturated rings. The summed E-state index contributed by atoms with van der Waals surface area (Å²) < 4.78 is 15.2. The van der Waals surface area contributed by atoms with E-state index < -0.39 is 0 Å². The van der Waals surface area contributed by atoms with Gasteiger partial charge in [0, 0.05) is 32.5 Å². The van der Waals surface area contributed by atoms with Crippen LogP contribution < -0.4 is 0 Å². The van der Waals surface area contributed by atoms with Crippen molar-refractivity contribution in [2.45, 2.75) is 0 Å². The van der Waals surface area contributed by atoms with Crippen LogP contribution in [0.1, 0.15) is 0 Å². The minimum Gasteiger partial charge on any atom is -0.456 e. The molecule has 0 radical (unpaired) electrons. The first-order chi connectivity index (χ1) is 19.3. The summed E-state index contributed by atoms with van der Waals surface area (Å²) >= 11 is 0. The molecule has 3 nitrogen and oxygen atoms in total. The summed E-state index contributed by atoms with van der Waals surface area (Å²) in [6.07, 6.45) is 0. The van der Waals surface area contributed by atoms with Crippen LogP contribution in [0.25, 0.3) is 82.5 Å². The molecule has 3 aromatic heterocycles. The molecule has 9 aromatic rings. The molecule has 39 heavy (non-hydrogen) atoms. The lowest BCUT2D eigenvalue weighted by Crippen LogP contribution is -1.94. The molecule has 3 heteroatoms. The third-order valence-electron chi connectivity index (χ3n) is 8.01. The molecule has 0 bridgehead atoms. The van der Waals surface area contributed by atoms with Gasteiger partial charge in [-0.2, -0.15) is 0 Å². The van der Waals surface area contributed by atoms with E-state index in [-0.39, 0.29) is 0 Å². The number of hydrogen-bond donors (Lipinski definition) is 0. The highest BCUT2D eigenvalue weighted by molar-refractivity contribution is 6.15. The maximum Gasteiger partial charge on any atom is 0.143 e. The number of fused-ring (bicyclic) bond motifs is 9. The summed E-state index contributed by atoms with van der Waals surface area (Å²) in [4.78, 5) is 0. The molecule has 0 aliphatic heterocycles. The van der Waals surface area contributed by atoms with E-state index >= 15 is 0 Å². The van der Waals surface area contributed by atoms with E-state index in [4.69, 9.17) is 8.83 Å². The molecule has 0 N–H and O–H groups in total. The fourth-order valence-corrected chi connectivity index (χ4v) is 6.32. The molecule has 0 aliphatic rings. The molecule has 0 aliphatic carbocycles.